The number of carbonyl (C=O) groups is 2. The molecule has 25 heavy (non-hydrogen) atoms. The Morgan fingerprint density at radius 2 is 2.12 bits per heavy atom. The van der Waals surface area contributed by atoms with Crippen LogP contribution >= 0.6 is 0 Å². The number of hydrogen-bond acceptors (Lipinski definition) is 4. The number of aryl methyl sites for hydroxylation is 1. The SMILES string of the molecule is Cc1ccc(C(=O)NCC2=CCNCC2)cc1NC(=O)c1ccco1. The molecular weight excluding hydrogens is 318 g/mol. The molecule has 0 aliphatic carbocycles. The molecule has 1 aliphatic heterocycles. The van der Waals surface area contributed by atoms with Crippen LogP contribution in [0.25, 0.3) is 0 Å². The molecule has 0 atom stereocenters. The molecule has 0 saturated carbocycles. The van der Waals surface area contributed by atoms with E-state index in [1.807, 2.05) is 13.0 Å². The van der Waals surface area contributed by atoms with Crippen LogP contribution in [0.5, 0.6) is 0 Å². The van der Waals surface area contributed by atoms with Crippen molar-refractivity contribution < 1.29 is 14.0 Å². The van der Waals surface area contributed by atoms with Crippen molar-refractivity contribution >= 4 is 17.5 Å². The summed E-state index contributed by atoms with van der Waals surface area (Å²) in [5.74, 6) is -0.273. The highest BCUT2D eigenvalue weighted by molar-refractivity contribution is 6.03. The number of nitrogens with one attached hydrogen (secondary N) is 3. The highest BCUT2D eigenvalue weighted by Gasteiger charge is 2.13. The van der Waals surface area contributed by atoms with Crippen LogP contribution in [0.1, 0.15) is 32.9 Å². The van der Waals surface area contributed by atoms with Crippen LogP contribution in [-0.2, 0) is 0 Å². The average Bonchev–Trinajstić information content (AvgIpc) is 3.17. The average molecular weight is 339 g/mol. The number of carbonyl (C=O) groups excluding carboxylic acids is 2. The second kappa shape index (κ2) is 7.81. The van der Waals surface area contributed by atoms with Crippen molar-refractivity contribution in [2.75, 3.05) is 25.0 Å². The van der Waals surface area contributed by atoms with Crippen LogP contribution < -0.4 is 16.0 Å². The zero-order valence-electron chi connectivity index (χ0n) is 14.1. The second-order valence-electron chi connectivity index (χ2n) is 5.96. The van der Waals surface area contributed by atoms with Gasteiger partial charge >= 0.3 is 0 Å². The quantitative estimate of drug-likeness (QED) is 0.731. The van der Waals surface area contributed by atoms with Gasteiger partial charge in [-0.2, -0.15) is 0 Å². The number of rotatable bonds is 5. The van der Waals surface area contributed by atoms with Gasteiger partial charge in [0.2, 0.25) is 0 Å². The van der Waals surface area contributed by atoms with Gasteiger partial charge in [-0.3, -0.25) is 9.59 Å². The fourth-order valence-corrected chi connectivity index (χ4v) is 2.62. The molecule has 1 aromatic carbocycles. The van der Waals surface area contributed by atoms with Crippen LogP contribution in [0, 0.1) is 6.92 Å². The van der Waals surface area contributed by atoms with E-state index in [9.17, 15) is 9.59 Å². The lowest BCUT2D eigenvalue weighted by atomic mass is 10.1. The molecular formula is C19H21N3O3. The van der Waals surface area contributed by atoms with Gasteiger partial charge in [-0.25, -0.2) is 0 Å². The summed E-state index contributed by atoms with van der Waals surface area (Å²) in [5, 5.41) is 8.95. The summed E-state index contributed by atoms with van der Waals surface area (Å²) in [6.07, 6.45) is 4.49. The van der Waals surface area contributed by atoms with Crippen molar-refractivity contribution in [3.8, 4) is 0 Å². The predicted molar refractivity (Wildman–Crippen MR) is 95.7 cm³/mol. The van der Waals surface area contributed by atoms with E-state index in [1.165, 1.54) is 11.8 Å². The fourth-order valence-electron chi connectivity index (χ4n) is 2.62. The predicted octanol–water partition coefficient (Wildman–Crippen LogP) is 2.49. The standard InChI is InChI=1S/C19H21N3O3/c1-13-4-5-15(18(23)21-12-14-6-8-20-9-7-14)11-16(13)22-19(24)17-3-2-10-25-17/h2-6,10-11,20H,7-9,12H2,1H3,(H,21,23)(H,22,24). The van der Waals surface area contributed by atoms with Gasteiger partial charge < -0.3 is 20.4 Å². The molecule has 2 heterocycles. The van der Waals surface area contributed by atoms with Gasteiger partial charge in [0.05, 0.1) is 6.26 Å². The van der Waals surface area contributed by atoms with Crippen molar-refractivity contribution in [3.63, 3.8) is 0 Å². The van der Waals surface area contributed by atoms with Crippen molar-refractivity contribution in [1.29, 1.82) is 0 Å². The van der Waals surface area contributed by atoms with Crippen LogP contribution in [0.15, 0.2) is 52.7 Å². The van der Waals surface area contributed by atoms with E-state index < -0.39 is 0 Å². The minimum absolute atomic E-state index is 0.159. The topological polar surface area (TPSA) is 83.4 Å². The number of amides is 2. The van der Waals surface area contributed by atoms with Gasteiger partial charge in [-0.1, -0.05) is 17.7 Å². The summed E-state index contributed by atoms with van der Waals surface area (Å²) in [6, 6.07) is 8.50. The Bertz CT molecular complexity index is 794. The van der Waals surface area contributed by atoms with Crippen molar-refractivity contribution in [1.82, 2.24) is 10.6 Å². The molecule has 2 aromatic rings. The summed E-state index contributed by atoms with van der Waals surface area (Å²) in [4.78, 5) is 24.5. The van der Waals surface area contributed by atoms with Crippen LogP contribution in [0.3, 0.4) is 0 Å². The molecule has 6 nitrogen and oxygen atoms in total. The maximum absolute atomic E-state index is 12.4. The molecule has 0 unspecified atom stereocenters. The maximum atomic E-state index is 12.4. The molecule has 0 spiro atoms. The van der Waals surface area contributed by atoms with Gasteiger partial charge in [0.25, 0.3) is 11.8 Å². The first-order chi connectivity index (χ1) is 12.1. The summed E-state index contributed by atoms with van der Waals surface area (Å²) < 4.78 is 5.09. The highest BCUT2D eigenvalue weighted by atomic mass is 16.3. The van der Waals surface area contributed by atoms with E-state index in [2.05, 4.69) is 22.0 Å². The van der Waals surface area contributed by atoms with E-state index >= 15 is 0 Å². The zero-order valence-corrected chi connectivity index (χ0v) is 14.1. The largest absolute Gasteiger partial charge is 0.459 e. The lowest BCUT2D eigenvalue weighted by Crippen LogP contribution is -2.29. The Labute approximate surface area is 146 Å². The van der Waals surface area contributed by atoms with Gasteiger partial charge in [-0.05, 0) is 49.7 Å². The molecule has 0 radical (unpaired) electrons. The number of anilines is 1. The summed E-state index contributed by atoms with van der Waals surface area (Å²) in [5.41, 5.74) is 3.20. The Morgan fingerprint density at radius 3 is 2.84 bits per heavy atom. The summed E-state index contributed by atoms with van der Waals surface area (Å²) >= 11 is 0. The molecule has 0 saturated heterocycles. The lowest BCUT2D eigenvalue weighted by molar-refractivity contribution is 0.0954. The van der Waals surface area contributed by atoms with Crippen LogP contribution in [0.4, 0.5) is 5.69 Å². The van der Waals surface area contributed by atoms with E-state index in [0.29, 0.717) is 17.8 Å². The first-order valence-electron chi connectivity index (χ1n) is 8.26. The van der Waals surface area contributed by atoms with E-state index in [1.54, 1.807) is 24.3 Å². The number of benzene rings is 1. The molecule has 130 valence electrons. The van der Waals surface area contributed by atoms with E-state index in [-0.39, 0.29) is 17.6 Å². The Kier molecular flexibility index (Phi) is 5.30. The van der Waals surface area contributed by atoms with Crippen LogP contribution in [0.2, 0.25) is 0 Å². The molecule has 0 fully saturated rings. The number of hydrogen-bond donors (Lipinski definition) is 3. The molecule has 2 amide bonds. The normalized spacial score (nSPS) is 13.9. The third kappa shape index (κ3) is 4.36. The first kappa shape index (κ1) is 17.0. The first-order valence-corrected chi connectivity index (χ1v) is 8.26. The summed E-state index contributed by atoms with van der Waals surface area (Å²) in [7, 11) is 0. The Hall–Kier alpha value is -2.86. The van der Waals surface area contributed by atoms with Gasteiger partial charge in [-0.15, -0.1) is 0 Å². The molecule has 3 N–H and O–H groups in total. The van der Waals surface area contributed by atoms with E-state index in [4.69, 9.17) is 4.42 Å². The second-order valence-corrected chi connectivity index (χ2v) is 5.96. The van der Waals surface area contributed by atoms with Crippen molar-refractivity contribution in [2.45, 2.75) is 13.3 Å². The number of furan rings is 1. The zero-order chi connectivity index (χ0) is 17.6. The van der Waals surface area contributed by atoms with Crippen LogP contribution in [-0.4, -0.2) is 31.4 Å². The van der Waals surface area contributed by atoms with Gasteiger partial charge in [0.1, 0.15) is 0 Å². The minimum Gasteiger partial charge on any atom is -0.459 e. The minimum atomic E-state index is -0.342. The smallest absolute Gasteiger partial charge is 0.291 e. The molecule has 1 aliphatic rings. The fraction of sp³-hybridized carbons (Fsp3) is 0.263. The van der Waals surface area contributed by atoms with Crippen molar-refractivity contribution in [2.24, 2.45) is 0 Å². The molecule has 0 bridgehead atoms. The third-order valence-electron chi connectivity index (χ3n) is 4.13. The molecule has 6 heteroatoms. The van der Waals surface area contributed by atoms with Gasteiger partial charge in [0.15, 0.2) is 5.76 Å². The molecule has 1 aromatic heterocycles. The lowest BCUT2D eigenvalue weighted by Gasteiger charge is -2.15. The van der Waals surface area contributed by atoms with Gasteiger partial charge in [0, 0.05) is 24.3 Å². The van der Waals surface area contributed by atoms with E-state index in [0.717, 1.165) is 25.1 Å². The Balaban J connectivity index is 1.66. The third-order valence-corrected chi connectivity index (χ3v) is 4.13. The van der Waals surface area contributed by atoms with Crippen molar-refractivity contribution in [3.05, 3.63) is 65.1 Å². The Morgan fingerprint density at radius 1 is 1.24 bits per heavy atom. The summed E-state index contributed by atoms with van der Waals surface area (Å²) in [6.45, 7) is 4.20. The molecule has 3 rings (SSSR count). The maximum Gasteiger partial charge on any atom is 0.291 e. The monoisotopic (exact) mass is 339 g/mol. The highest BCUT2D eigenvalue weighted by Crippen LogP contribution is 2.18.